The van der Waals surface area contributed by atoms with E-state index in [0.29, 0.717) is 18.5 Å². The summed E-state index contributed by atoms with van der Waals surface area (Å²) in [6, 6.07) is 6.69. The van der Waals surface area contributed by atoms with Crippen LogP contribution in [-0.2, 0) is 6.18 Å². The van der Waals surface area contributed by atoms with Crippen molar-refractivity contribution < 1.29 is 17.9 Å². The molecule has 0 atom stereocenters. The molecule has 0 unspecified atom stereocenters. The third-order valence-corrected chi connectivity index (χ3v) is 5.60. The third-order valence-electron chi connectivity index (χ3n) is 4.67. The molecule has 0 aromatic carbocycles. The number of nitrogens with one attached hydrogen (secondary N) is 2. The van der Waals surface area contributed by atoms with Crippen molar-refractivity contribution in [1.82, 2.24) is 15.6 Å². The Hall–Kier alpha value is -1.76. The van der Waals surface area contributed by atoms with E-state index < -0.39 is 17.6 Å². The summed E-state index contributed by atoms with van der Waals surface area (Å²) in [6.07, 6.45) is -1.24. The highest BCUT2D eigenvalue weighted by atomic mass is 127. The van der Waals surface area contributed by atoms with Crippen molar-refractivity contribution in [2.45, 2.75) is 32.0 Å². The molecular weight excluding hydrogens is 542 g/mol. The number of aliphatic imine (C=N–C) groups is 1. The lowest BCUT2D eigenvalue weighted by Gasteiger charge is -2.33. The van der Waals surface area contributed by atoms with E-state index in [1.807, 2.05) is 6.92 Å². The number of guanidine groups is 1. The molecule has 6 nitrogen and oxygen atoms in total. The van der Waals surface area contributed by atoms with E-state index in [2.05, 4.69) is 43.0 Å². The molecule has 0 saturated carbocycles. The van der Waals surface area contributed by atoms with Gasteiger partial charge in [0.25, 0.3) is 0 Å². The third kappa shape index (κ3) is 7.70. The van der Waals surface area contributed by atoms with Gasteiger partial charge in [-0.15, -0.1) is 35.3 Å². The molecule has 0 spiro atoms. The van der Waals surface area contributed by atoms with E-state index in [9.17, 15) is 13.2 Å². The maximum atomic E-state index is 13.0. The molecule has 3 rings (SSSR count). The van der Waals surface area contributed by atoms with Crippen LogP contribution in [0.25, 0.3) is 0 Å². The van der Waals surface area contributed by atoms with Crippen molar-refractivity contribution in [2.24, 2.45) is 4.99 Å². The lowest BCUT2D eigenvalue weighted by molar-refractivity contribution is -0.139. The fourth-order valence-corrected chi connectivity index (χ4v) is 4.01. The monoisotopic (exact) mass is 569 g/mol. The van der Waals surface area contributed by atoms with Crippen LogP contribution in [0.4, 0.5) is 18.2 Å². The SMILES string of the molecule is CCNC(=NCCOc1ncccc1C(F)(F)F)NC1CCN(c2cccs2)CC1.I. The van der Waals surface area contributed by atoms with E-state index in [4.69, 9.17) is 4.74 Å². The van der Waals surface area contributed by atoms with Crippen LogP contribution >= 0.6 is 35.3 Å². The lowest BCUT2D eigenvalue weighted by Crippen LogP contribution is -2.48. The fraction of sp³-hybridized carbons (Fsp3) is 0.500. The smallest absolute Gasteiger partial charge is 0.421 e. The number of halogens is 4. The number of aromatic nitrogens is 1. The Labute approximate surface area is 201 Å². The first kappa shape index (κ1) is 25.5. The van der Waals surface area contributed by atoms with Crippen LogP contribution in [0, 0.1) is 0 Å². The Kier molecular flexibility index (Phi) is 10.1. The number of ether oxygens (including phenoxy) is 1. The summed E-state index contributed by atoms with van der Waals surface area (Å²) in [6.45, 7) is 4.84. The number of alkyl halides is 3. The van der Waals surface area contributed by atoms with Crippen LogP contribution < -0.4 is 20.3 Å². The highest BCUT2D eigenvalue weighted by Crippen LogP contribution is 2.34. The van der Waals surface area contributed by atoms with E-state index >= 15 is 0 Å². The largest absolute Gasteiger partial charge is 0.475 e. The Bertz CT molecular complexity index is 811. The number of pyridine rings is 1. The average molecular weight is 569 g/mol. The van der Waals surface area contributed by atoms with Gasteiger partial charge in [0.2, 0.25) is 5.88 Å². The molecule has 11 heteroatoms. The van der Waals surface area contributed by atoms with Crippen molar-refractivity contribution in [3.8, 4) is 5.88 Å². The highest BCUT2D eigenvalue weighted by molar-refractivity contribution is 14.0. The molecule has 0 amide bonds. The van der Waals surface area contributed by atoms with Crippen molar-refractivity contribution in [1.29, 1.82) is 0 Å². The molecule has 2 aromatic heterocycles. The molecule has 31 heavy (non-hydrogen) atoms. The van der Waals surface area contributed by atoms with Crippen molar-refractivity contribution in [3.63, 3.8) is 0 Å². The molecule has 1 fully saturated rings. The zero-order valence-electron chi connectivity index (χ0n) is 17.2. The second kappa shape index (κ2) is 12.3. The molecule has 0 bridgehead atoms. The number of hydrogen-bond donors (Lipinski definition) is 2. The summed E-state index contributed by atoms with van der Waals surface area (Å²) in [5.74, 6) is 0.229. The Balaban J connectivity index is 0.00000341. The lowest BCUT2D eigenvalue weighted by atomic mass is 10.1. The summed E-state index contributed by atoms with van der Waals surface area (Å²) in [5, 5.41) is 9.97. The normalized spacial score (nSPS) is 15.4. The van der Waals surface area contributed by atoms with Gasteiger partial charge in [-0.2, -0.15) is 13.2 Å². The molecule has 1 aliphatic rings. The number of nitrogens with zero attached hydrogens (tertiary/aromatic N) is 3. The predicted molar refractivity (Wildman–Crippen MR) is 129 cm³/mol. The van der Waals surface area contributed by atoms with Gasteiger partial charge in [-0.05, 0) is 49.4 Å². The van der Waals surface area contributed by atoms with Crippen LogP contribution in [0.15, 0.2) is 40.8 Å². The predicted octanol–water partition coefficient (Wildman–Crippen LogP) is 4.38. The van der Waals surface area contributed by atoms with Gasteiger partial charge in [-0.25, -0.2) is 9.98 Å². The van der Waals surface area contributed by atoms with Crippen molar-refractivity contribution in [3.05, 3.63) is 41.4 Å². The molecule has 1 saturated heterocycles. The highest BCUT2D eigenvalue weighted by Gasteiger charge is 2.35. The van der Waals surface area contributed by atoms with Gasteiger partial charge < -0.3 is 20.3 Å². The maximum Gasteiger partial charge on any atom is 0.421 e. The number of anilines is 1. The summed E-state index contributed by atoms with van der Waals surface area (Å²) in [4.78, 5) is 10.5. The molecule has 2 aromatic rings. The van der Waals surface area contributed by atoms with Crippen LogP contribution in [0.2, 0.25) is 0 Å². The minimum atomic E-state index is -4.50. The van der Waals surface area contributed by atoms with E-state index in [1.54, 1.807) is 11.3 Å². The van der Waals surface area contributed by atoms with Gasteiger partial charge in [0.1, 0.15) is 12.2 Å². The zero-order valence-corrected chi connectivity index (χ0v) is 20.3. The maximum absolute atomic E-state index is 13.0. The first-order valence-electron chi connectivity index (χ1n) is 9.95. The summed E-state index contributed by atoms with van der Waals surface area (Å²) in [5.41, 5.74) is -0.878. The molecule has 0 radical (unpaired) electrons. The number of rotatable bonds is 7. The first-order chi connectivity index (χ1) is 14.5. The molecule has 0 aliphatic carbocycles. The summed E-state index contributed by atoms with van der Waals surface area (Å²) in [7, 11) is 0. The molecule has 3 heterocycles. The minimum Gasteiger partial charge on any atom is -0.475 e. The summed E-state index contributed by atoms with van der Waals surface area (Å²) < 4.78 is 44.2. The average Bonchev–Trinajstić information content (AvgIpc) is 3.26. The Morgan fingerprint density at radius 1 is 1.29 bits per heavy atom. The second-order valence-corrected chi connectivity index (χ2v) is 7.75. The number of thiophene rings is 1. The van der Waals surface area contributed by atoms with Gasteiger partial charge in [0, 0.05) is 31.9 Å². The van der Waals surface area contributed by atoms with E-state index in [-0.39, 0.29) is 37.1 Å². The second-order valence-electron chi connectivity index (χ2n) is 6.82. The van der Waals surface area contributed by atoms with E-state index in [0.717, 1.165) is 32.0 Å². The van der Waals surface area contributed by atoms with Gasteiger partial charge >= 0.3 is 6.18 Å². The Morgan fingerprint density at radius 3 is 2.71 bits per heavy atom. The number of piperidine rings is 1. The van der Waals surface area contributed by atoms with Gasteiger partial charge in [-0.3, -0.25) is 0 Å². The van der Waals surface area contributed by atoms with Gasteiger partial charge in [-0.1, -0.05) is 0 Å². The summed E-state index contributed by atoms with van der Waals surface area (Å²) >= 11 is 1.75. The Morgan fingerprint density at radius 2 is 2.06 bits per heavy atom. The van der Waals surface area contributed by atoms with Gasteiger partial charge in [0.15, 0.2) is 5.96 Å². The van der Waals surface area contributed by atoms with Crippen LogP contribution in [0.3, 0.4) is 0 Å². The van der Waals surface area contributed by atoms with E-state index in [1.165, 1.54) is 17.3 Å². The molecule has 172 valence electrons. The van der Waals surface area contributed by atoms with Crippen LogP contribution in [0.5, 0.6) is 5.88 Å². The van der Waals surface area contributed by atoms with Crippen molar-refractivity contribution in [2.75, 3.05) is 37.7 Å². The first-order valence-corrected chi connectivity index (χ1v) is 10.8. The standard InChI is InChI=1S/C20H26F3N5OS.HI/c1-2-24-19(27-15-7-11-28(12-8-15)17-6-4-14-30-17)26-10-13-29-18-16(20(21,22)23)5-3-9-25-18;/h3-6,9,14-15H,2,7-8,10-13H2,1H3,(H2,24,26,27);1H. The zero-order chi connectivity index (χ0) is 21.4. The number of hydrogen-bond acceptors (Lipinski definition) is 5. The topological polar surface area (TPSA) is 61.8 Å². The van der Waals surface area contributed by atoms with Gasteiger partial charge in [0.05, 0.1) is 11.5 Å². The molecule has 1 aliphatic heterocycles. The van der Waals surface area contributed by atoms with Crippen LogP contribution in [0.1, 0.15) is 25.3 Å². The molecule has 2 N–H and O–H groups in total. The fourth-order valence-electron chi connectivity index (χ4n) is 3.23. The molecular formula is C20H27F3IN5OS. The minimum absolute atomic E-state index is 0. The van der Waals surface area contributed by atoms with Crippen molar-refractivity contribution >= 4 is 46.3 Å². The van der Waals surface area contributed by atoms with Crippen LogP contribution in [-0.4, -0.2) is 49.8 Å². The quantitative estimate of drug-likeness (QED) is 0.224.